The highest BCUT2D eigenvalue weighted by Crippen LogP contribution is 2.19. The Balaban J connectivity index is 2.82. The molecule has 1 rings (SSSR count). The van der Waals surface area contributed by atoms with Crippen LogP contribution in [0.15, 0.2) is 41.3 Å². The molecular formula is C12H15NO2S. The van der Waals surface area contributed by atoms with Crippen molar-refractivity contribution >= 4 is 17.7 Å². The molecule has 2 N–H and O–H groups in total. The highest BCUT2D eigenvalue weighted by atomic mass is 32.2. The summed E-state index contributed by atoms with van der Waals surface area (Å²) in [6.07, 6.45) is 4.81. The van der Waals surface area contributed by atoms with Crippen LogP contribution in [0.1, 0.15) is 11.6 Å². The highest BCUT2D eigenvalue weighted by molar-refractivity contribution is 7.98. The SMILES string of the molecule is CNC(/C=C/C(=O)O)c1ccc(SC)cc1. The van der Waals surface area contributed by atoms with E-state index in [0.717, 1.165) is 11.6 Å². The summed E-state index contributed by atoms with van der Waals surface area (Å²) in [5.74, 6) is -0.930. The molecule has 3 nitrogen and oxygen atoms in total. The normalized spacial score (nSPS) is 12.9. The number of hydrogen-bond donors (Lipinski definition) is 2. The van der Waals surface area contributed by atoms with Crippen LogP contribution in [0.4, 0.5) is 0 Å². The van der Waals surface area contributed by atoms with Gasteiger partial charge in [-0.05, 0) is 31.0 Å². The van der Waals surface area contributed by atoms with Crippen molar-refractivity contribution in [2.45, 2.75) is 10.9 Å². The summed E-state index contributed by atoms with van der Waals surface area (Å²) in [4.78, 5) is 11.6. The van der Waals surface area contributed by atoms with Crippen molar-refractivity contribution < 1.29 is 9.90 Å². The van der Waals surface area contributed by atoms with Gasteiger partial charge in [-0.15, -0.1) is 11.8 Å². The fraction of sp³-hybridized carbons (Fsp3) is 0.250. The second-order valence-corrected chi connectivity index (χ2v) is 4.12. The van der Waals surface area contributed by atoms with Crippen LogP contribution in [0.2, 0.25) is 0 Å². The molecule has 0 bridgehead atoms. The van der Waals surface area contributed by atoms with E-state index in [0.29, 0.717) is 0 Å². The van der Waals surface area contributed by atoms with Crippen LogP contribution in [0, 0.1) is 0 Å². The Kier molecular flexibility index (Phi) is 5.08. The van der Waals surface area contributed by atoms with E-state index in [-0.39, 0.29) is 6.04 Å². The summed E-state index contributed by atoms with van der Waals surface area (Å²) in [6, 6.07) is 7.99. The zero-order valence-corrected chi connectivity index (χ0v) is 10.1. The van der Waals surface area contributed by atoms with Gasteiger partial charge in [0.25, 0.3) is 0 Å². The lowest BCUT2D eigenvalue weighted by molar-refractivity contribution is -0.131. The molecular weight excluding hydrogens is 222 g/mol. The minimum Gasteiger partial charge on any atom is -0.478 e. The first-order chi connectivity index (χ1) is 7.67. The van der Waals surface area contributed by atoms with Crippen molar-refractivity contribution in [3.63, 3.8) is 0 Å². The van der Waals surface area contributed by atoms with E-state index >= 15 is 0 Å². The van der Waals surface area contributed by atoms with Crippen molar-refractivity contribution in [1.82, 2.24) is 5.32 Å². The monoisotopic (exact) mass is 237 g/mol. The summed E-state index contributed by atoms with van der Waals surface area (Å²) < 4.78 is 0. The number of aliphatic carboxylic acids is 1. The maximum atomic E-state index is 10.4. The third kappa shape index (κ3) is 3.72. The van der Waals surface area contributed by atoms with E-state index in [1.54, 1.807) is 24.9 Å². The van der Waals surface area contributed by atoms with Gasteiger partial charge in [-0.1, -0.05) is 18.2 Å². The Hall–Kier alpha value is -1.26. The van der Waals surface area contributed by atoms with Gasteiger partial charge in [0, 0.05) is 11.0 Å². The first-order valence-corrected chi connectivity index (χ1v) is 6.12. The van der Waals surface area contributed by atoms with E-state index in [4.69, 9.17) is 5.11 Å². The molecule has 0 aliphatic heterocycles. The first kappa shape index (κ1) is 12.8. The van der Waals surface area contributed by atoms with E-state index in [1.807, 2.05) is 30.5 Å². The van der Waals surface area contributed by atoms with Crippen LogP contribution in [0.3, 0.4) is 0 Å². The smallest absolute Gasteiger partial charge is 0.328 e. The summed E-state index contributed by atoms with van der Waals surface area (Å²) in [7, 11) is 1.80. The van der Waals surface area contributed by atoms with E-state index in [1.165, 1.54) is 4.90 Å². The molecule has 4 heteroatoms. The molecule has 0 amide bonds. The first-order valence-electron chi connectivity index (χ1n) is 4.89. The summed E-state index contributed by atoms with van der Waals surface area (Å²) in [6.45, 7) is 0. The number of carbonyl (C=O) groups is 1. The fourth-order valence-electron chi connectivity index (χ4n) is 1.36. The predicted molar refractivity (Wildman–Crippen MR) is 66.8 cm³/mol. The quantitative estimate of drug-likeness (QED) is 0.609. The molecule has 0 spiro atoms. The Labute approximate surface area is 99.6 Å². The second-order valence-electron chi connectivity index (χ2n) is 3.24. The van der Waals surface area contributed by atoms with Gasteiger partial charge in [-0.3, -0.25) is 0 Å². The van der Waals surface area contributed by atoms with Gasteiger partial charge in [0.05, 0.1) is 6.04 Å². The van der Waals surface area contributed by atoms with Crippen LogP contribution in [-0.2, 0) is 4.79 Å². The molecule has 0 radical (unpaired) electrons. The molecule has 0 heterocycles. The van der Waals surface area contributed by atoms with Crippen LogP contribution in [0.5, 0.6) is 0 Å². The Morgan fingerprint density at radius 2 is 2.06 bits per heavy atom. The molecule has 1 aromatic carbocycles. The third-order valence-electron chi connectivity index (χ3n) is 2.22. The number of benzene rings is 1. The molecule has 0 aliphatic rings. The van der Waals surface area contributed by atoms with Crippen molar-refractivity contribution in [2.24, 2.45) is 0 Å². The molecule has 86 valence electrons. The third-order valence-corrected chi connectivity index (χ3v) is 2.96. The van der Waals surface area contributed by atoms with E-state index in [9.17, 15) is 4.79 Å². The molecule has 0 saturated carbocycles. The molecule has 0 aromatic heterocycles. The fourth-order valence-corrected chi connectivity index (χ4v) is 1.77. The van der Waals surface area contributed by atoms with Gasteiger partial charge in [-0.2, -0.15) is 0 Å². The molecule has 0 saturated heterocycles. The zero-order valence-electron chi connectivity index (χ0n) is 9.31. The number of thioether (sulfide) groups is 1. The maximum Gasteiger partial charge on any atom is 0.328 e. The molecule has 1 unspecified atom stereocenters. The maximum absolute atomic E-state index is 10.4. The summed E-state index contributed by atoms with van der Waals surface area (Å²) in [5.41, 5.74) is 1.05. The van der Waals surface area contributed by atoms with Gasteiger partial charge < -0.3 is 10.4 Å². The van der Waals surface area contributed by atoms with Crippen molar-refractivity contribution in [3.8, 4) is 0 Å². The van der Waals surface area contributed by atoms with Gasteiger partial charge in [0.15, 0.2) is 0 Å². The molecule has 1 aromatic rings. The largest absolute Gasteiger partial charge is 0.478 e. The van der Waals surface area contributed by atoms with Crippen molar-refractivity contribution in [3.05, 3.63) is 42.0 Å². The highest BCUT2D eigenvalue weighted by Gasteiger charge is 2.05. The number of nitrogens with one attached hydrogen (secondary N) is 1. The standard InChI is InChI=1S/C12H15NO2S/c1-13-11(7-8-12(14)15)9-3-5-10(16-2)6-4-9/h3-8,11,13H,1-2H3,(H,14,15)/b8-7+. The Morgan fingerprint density at radius 3 is 2.50 bits per heavy atom. The number of likely N-dealkylation sites (N-methyl/N-ethyl adjacent to an activating group) is 1. The molecule has 1 atom stereocenters. The average molecular weight is 237 g/mol. The molecule has 0 aliphatic carbocycles. The number of carboxylic acid groups (broad SMARTS) is 1. The van der Waals surface area contributed by atoms with Gasteiger partial charge in [-0.25, -0.2) is 4.79 Å². The number of hydrogen-bond acceptors (Lipinski definition) is 3. The summed E-state index contributed by atoms with van der Waals surface area (Å²) in [5, 5.41) is 11.6. The van der Waals surface area contributed by atoms with Crippen LogP contribution in [0.25, 0.3) is 0 Å². The minimum atomic E-state index is -0.930. The summed E-state index contributed by atoms with van der Waals surface area (Å²) >= 11 is 1.68. The van der Waals surface area contributed by atoms with Gasteiger partial charge in [0.2, 0.25) is 0 Å². The van der Waals surface area contributed by atoms with Crippen LogP contribution >= 0.6 is 11.8 Å². The number of carboxylic acids is 1. The Morgan fingerprint density at radius 1 is 1.44 bits per heavy atom. The van der Waals surface area contributed by atoms with Crippen molar-refractivity contribution in [2.75, 3.05) is 13.3 Å². The van der Waals surface area contributed by atoms with Crippen molar-refractivity contribution in [1.29, 1.82) is 0 Å². The lowest BCUT2D eigenvalue weighted by atomic mass is 10.1. The zero-order chi connectivity index (χ0) is 12.0. The topological polar surface area (TPSA) is 49.3 Å². The second kappa shape index (κ2) is 6.35. The molecule has 0 fully saturated rings. The van der Waals surface area contributed by atoms with Gasteiger partial charge >= 0.3 is 5.97 Å². The average Bonchev–Trinajstić information content (AvgIpc) is 2.30. The van der Waals surface area contributed by atoms with Crippen LogP contribution in [-0.4, -0.2) is 24.4 Å². The Bertz CT molecular complexity index is 373. The predicted octanol–water partition coefficient (Wildman–Crippen LogP) is 2.31. The van der Waals surface area contributed by atoms with Crippen LogP contribution < -0.4 is 5.32 Å². The number of rotatable bonds is 5. The lowest BCUT2D eigenvalue weighted by Crippen LogP contribution is -2.14. The van der Waals surface area contributed by atoms with Gasteiger partial charge in [0.1, 0.15) is 0 Å². The minimum absolute atomic E-state index is 0.0630. The lowest BCUT2D eigenvalue weighted by Gasteiger charge is -2.12. The van der Waals surface area contributed by atoms with E-state index in [2.05, 4.69) is 5.32 Å². The molecule has 16 heavy (non-hydrogen) atoms. The van der Waals surface area contributed by atoms with E-state index < -0.39 is 5.97 Å².